The summed E-state index contributed by atoms with van der Waals surface area (Å²) < 4.78 is 48.4. The summed E-state index contributed by atoms with van der Waals surface area (Å²) in [5, 5.41) is 0.0379. The highest BCUT2D eigenvalue weighted by atomic mass is 28.4. The van der Waals surface area contributed by atoms with Gasteiger partial charge in [0.05, 0.1) is 37.4 Å². The number of benzene rings is 1. The van der Waals surface area contributed by atoms with Crippen LogP contribution in [0.4, 0.5) is 0 Å². The van der Waals surface area contributed by atoms with E-state index < -0.39 is 56.8 Å². The molecule has 1 rings (SSSR count). The van der Waals surface area contributed by atoms with Crippen molar-refractivity contribution in [3.8, 4) is 5.75 Å². The lowest BCUT2D eigenvalue weighted by atomic mass is 9.89. The van der Waals surface area contributed by atoms with E-state index in [4.69, 9.17) is 41.7 Å². The molecular formula is C96H189N3O12Si4. The van der Waals surface area contributed by atoms with E-state index in [-0.39, 0.29) is 64.0 Å². The number of carbonyl (C=O) groups is 3. The largest absolute Gasteiger partial charge is 0.490 e. The van der Waals surface area contributed by atoms with Crippen LogP contribution in [0.1, 0.15) is 373 Å². The second-order valence-electron chi connectivity index (χ2n) is 40.8. The van der Waals surface area contributed by atoms with Crippen molar-refractivity contribution in [1.82, 2.24) is 14.7 Å². The van der Waals surface area contributed by atoms with Crippen LogP contribution in [-0.4, -0.2) is 171 Å². The molecule has 0 radical (unpaired) electrons. The van der Waals surface area contributed by atoms with E-state index >= 15 is 4.79 Å². The van der Waals surface area contributed by atoms with Gasteiger partial charge in [-0.15, -0.1) is 0 Å². The molecule has 19 heteroatoms. The van der Waals surface area contributed by atoms with Crippen molar-refractivity contribution in [3.05, 3.63) is 42.0 Å². The topological polar surface area (TPSA) is 144 Å². The molecule has 115 heavy (non-hydrogen) atoms. The van der Waals surface area contributed by atoms with E-state index in [2.05, 4.69) is 178 Å². The van der Waals surface area contributed by atoms with Crippen molar-refractivity contribution in [2.45, 2.75) is 470 Å². The molecule has 5 unspecified atom stereocenters. The average Bonchev–Trinajstić information content (AvgIpc) is 0.787. The number of rotatable bonds is 70. The Kier molecular flexibility index (Phi) is 57.3. The van der Waals surface area contributed by atoms with E-state index in [1.807, 2.05) is 38.4 Å². The lowest BCUT2D eigenvalue weighted by Gasteiger charge is -2.43. The van der Waals surface area contributed by atoms with Crippen LogP contribution in [0, 0.1) is 0 Å². The van der Waals surface area contributed by atoms with Gasteiger partial charge in [-0.05, 0) is 155 Å². The van der Waals surface area contributed by atoms with E-state index in [1.54, 1.807) is 13.2 Å². The maximum atomic E-state index is 15.7. The molecule has 0 N–H and O–H groups in total. The van der Waals surface area contributed by atoms with E-state index in [0.717, 1.165) is 90.3 Å². The third-order valence-electron chi connectivity index (χ3n) is 25.9. The molecule has 1 aromatic rings. The standard InChI is InChI=1S/C96H189N3O12Si4/c1-28-32-36-40-44-48-52-56-63-85(108-112(20,21)92(5,6)7)79-98(80-86(109-113(22,23)93(8,9)10)64-57-53-49-45-41-37-33-29-2)75-60-67-90(101)106-107-91(102)96(103-19,83-69-71-84(72-70-83)104-77-61-68-89(100)105-78-62-74-97(17)18)73-76-99(81-87(110-114(24,25)94(11,12)13)65-58-54-50-46-42-38-34-30-3)82-88(111-115(26,27)95(14,15)16)66-59-55-51-47-43-39-35-31-4/h61,68-72,85-88H,28-60,62-67,73-82H2,1-27H3/b68-61+. The number of nitrogens with zero attached hydrogens (tertiary/aromatic N) is 3. The number of carbonyl (C=O) groups excluding carboxylic acids is 3. The molecule has 676 valence electrons. The van der Waals surface area contributed by atoms with Gasteiger partial charge >= 0.3 is 17.9 Å². The van der Waals surface area contributed by atoms with Gasteiger partial charge in [-0.3, -0.25) is 9.80 Å². The van der Waals surface area contributed by atoms with Crippen LogP contribution < -0.4 is 4.74 Å². The molecule has 0 saturated heterocycles. The number of unbranched alkanes of at least 4 members (excludes halogenated alkanes) is 28. The maximum absolute atomic E-state index is 15.7. The Morgan fingerprint density at radius 1 is 0.400 bits per heavy atom. The normalized spacial score (nSPS) is 14.8. The zero-order valence-electron chi connectivity index (χ0n) is 80.7. The van der Waals surface area contributed by atoms with Gasteiger partial charge in [0.15, 0.2) is 38.9 Å². The average molecular weight is 1690 g/mol. The van der Waals surface area contributed by atoms with Crippen LogP contribution in [0.25, 0.3) is 0 Å². The van der Waals surface area contributed by atoms with Crippen molar-refractivity contribution in [2.24, 2.45) is 0 Å². The van der Waals surface area contributed by atoms with Crippen molar-refractivity contribution in [2.75, 3.05) is 80.2 Å². The predicted octanol–water partition coefficient (Wildman–Crippen LogP) is 27.4. The van der Waals surface area contributed by atoms with Gasteiger partial charge in [0.2, 0.25) is 0 Å². The fraction of sp³-hybridized carbons (Fsp3) is 0.885. The fourth-order valence-corrected chi connectivity index (χ4v) is 19.7. The highest BCUT2D eigenvalue weighted by Crippen LogP contribution is 2.43. The van der Waals surface area contributed by atoms with Gasteiger partial charge in [0.25, 0.3) is 0 Å². The summed E-state index contributed by atoms with van der Waals surface area (Å²) in [4.78, 5) is 61.7. The Hall–Kier alpha value is -2.28. The number of hydrogen-bond donors (Lipinski definition) is 0. The smallest absolute Gasteiger partial charge is 0.391 e. The Labute approximate surface area is 715 Å². The quantitative estimate of drug-likeness (QED) is 0.0152. The molecule has 0 aliphatic rings. The van der Waals surface area contributed by atoms with E-state index in [1.165, 1.54) is 173 Å². The Morgan fingerprint density at radius 2 is 0.713 bits per heavy atom. The highest BCUT2D eigenvalue weighted by molar-refractivity contribution is 6.75. The summed E-state index contributed by atoms with van der Waals surface area (Å²) in [5.74, 6) is -1.32. The molecule has 0 spiro atoms. The molecule has 15 nitrogen and oxygen atoms in total. The molecule has 0 heterocycles. The van der Waals surface area contributed by atoms with Gasteiger partial charge in [-0.25, -0.2) is 24.2 Å². The Balaban J connectivity index is 4.20. The molecule has 0 aliphatic heterocycles. The van der Waals surface area contributed by atoms with E-state index in [0.29, 0.717) is 50.5 Å². The van der Waals surface area contributed by atoms with Crippen molar-refractivity contribution < 1.29 is 56.1 Å². The summed E-state index contributed by atoms with van der Waals surface area (Å²) in [6.45, 7) is 61.3. The second-order valence-corrected chi connectivity index (χ2v) is 59.9. The number of methoxy groups -OCH3 is 1. The molecule has 0 fully saturated rings. The van der Waals surface area contributed by atoms with Crippen LogP contribution in [-0.2, 0) is 56.9 Å². The second kappa shape index (κ2) is 59.5. The lowest BCUT2D eigenvalue weighted by Crippen LogP contribution is -2.51. The van der Waals surface area contributed by atoms with Gasteiger partial charge < -0.3 is 36.8 Å². The summed E-state index contributed by atoms with van der Waals surface area (Å²) in [6, 6.07) is 7.31. The summed E-state index contributed by atoms with van der Waals surface area (Å²) in [5.41, 5.74) is -1.21. The van der Waals surface area contributed by atoms with Crippen molar-refractivity contribution >= 4 is 51.2 Å². The number of hydrogen-bond acceptors (Lipinski definition) is 15. The van der Waals surface area contributed by atoms with Gasteiger partial charge in [-0.2, -0.15) is 0 Å². The molecule has 5 atom stereocenters. The van der Waals surface area contributed by atoms with Gasteiger partial charge in [-0.1, -0.05) is 328 Å². The molecule has 0 bridgehead atoms. The van der Waals surface area contributed by atoms with Crippen LogP contribution >= 0.6 is 0 Å². The van der Waals surface area contributed by atoms with Crippen LogP contribution in [0.2, 0.25) is 72.5 Å². The molecule has 1 aromatic carbocycles. The summed E-state index contributed by atoms with van der Waals surface area (Å²) in [6.07, 6.45) is 47.9. The lowest BCUT2D eigenvalue weighted by molar-refractivity contribution is -0.273. The monoisotopic (exact) mass is 1690 g/mol. The van der Waals surface area contributed by atoms with Crippen LogP contribution in [0.15, 0.2) is 36.4 Å². The first-order valence-electron chi connectivity index (χ1n) is 47.3. The zero-order valence-corrected chi connectivity index (χ0v) is 84.7. The fourth-order valence-electron chi connectivity index (χ4n) is 14.1. The Bertz CT molecular complexity index is 2540. The highest BCUT2D eigenvalue weighted by Gasteiger charge is 2.47. The first kappa shape index (κ1) is 111. The van der Waals surface area contributed by atoms with Gasteiger partial charge in [0, 0.05) is 58.9 Å². The minimum Gasteiger partial charge on any atom is -0.490 e. The zero-order chi connectivity index (χ0) is 86.7. The third kappa shape index (κ3) is 49.0. The van der Waals surface area contributed by atoms with Crippen molar-refractivity contribution in [1.29, 1.82) is 0 Å². The van der Waals surface area contributed by atoms with Gasteiger partial charge in [0.1, 0.15) is 12.4 Å². The minimum absolute atomic E-state index is 0.0145. The molecule has 0 aromatic heterocycles. The first-order chi connectivity index (χ1) is 54.0. The predicted molar refractivity (Wildman–Crippen MR) is 500 cm³/mol. The summed E-state index contributed by atoms with van der Waals surface area (Å²) in [7, 11) is -3.46. The number of ether oxygens (including phenoxy) is 3. The Morgan fingerprint density at radius 3 is 1.02 bits per heavy atom. The van der Waals surface area contributed by atoms with E-state index in [9.17, 15) is 9.59 Å². The first-order valence-corrected chi connectivity index (χ1v) is 58.9. The van der Waals surface area contributed by atoms with Crippen LogP contribution in [0.3, 0.4) is 0 Å². The SMILES string of the molecule is CCCCCCCCCCC(CN(CCCC(=O)OOC(=O)C(CCN(CC(CCCCCCCCCC)O[Si](C)(C)C(C)(C)C)CC(CCCCCCCCCC)O[Si](C)(C)C(C)(C)C)(OC)c1ccc(OC/C=C/C(=O)OCCCN(C)C)cc1)CC(CCCCCCCCCC)O[Si](C)(C)C(C)(C)C)O[Si](C)(C)C(C)(C)C. The molecule has 0 amide bonds. The molecule has 0 saturated carbocycles. The minimum atomic E-state index is -2.30. The third-order valence-corrected chi connectivity index (χ3v) is 44.0. The molecular weight excluding hydrogens is 1500 g/mol. The number of esters is 1. The summed E-state index contributed by atoms with van der Waals surface area (Å²) >= 11 is 0. The van der Waals surface area contributed by atoms with Crippen molar-refractivity contribution in [3.63, 3.8) is 0 Å². The maximum Gasteiger partial charge on any atom is 0.391 e. The molecule has 0 aliphatic carbocycles. The van der Waals surface area contributed by atoms with Crippen LogP contribution in [0.5, 0.6) is 5.75 Å².